The van der Waals surface area contributed by atoms with Crippen molar-refractivity contribution in [3.05, 3.63) is 53.5 Å². The van der Waals surface area contributed by atoms with Crippen molar-refractivity contribution in [1.29, 1.82) is 0 Å². The number of hydrogen-bond donors (Lipinski definition) is 1. The van der Waals surface area contributed by atoms with E-state index in [-0.39, 0.29) is 0 Å². The molecular weight excluding hydrogens is 266 g/mol. The Morgan fingerprint density at radius 2 is 1.95 bits per heavy atom. The van der Waals surface area contributed by atoms with E-state index in [0.717, 1.165) is 42.3 Å². The molecule has 0 bridgehead atoms. The molecule has 1 N–H and O–H groups in total. The lowest BCUT2D eigenvalue weighted by Gasteiger charge is -2.05. The Bertz CT molecular complexity index is 536. The van der Waals surface area contributed by atoms with Gasteiger partial charge in [-0.3, -0.25) is 0 Å². The first-order valence-electron chi connectivity index (χ1n) is 7.30. The SMILES string of the molecule is CCCNCc1ccc(COCc2cccc(OC)c2)o1. The summed E-state index contributed by atoms with van der Waals surface area (Å²) in [5, 5.41) is 3.31. The molecule has 1 aromatic heterocycles. The van der Waals surface area contributed by atoms with E-state index in [2.05, 4.69) is 12.2 Å². The highest BCUT2D eigenvalue weighted by molar-refractivity contribution is 5.27. The second-order valence-electron chi connectivity index (χ2n) is 4.89. The van der Waals surface area contributed by atoms with E-state index in [4.69, 9.17) is 13.9 Å². The number of furan rings is 1. The summed E-state index contributed by atoms with van der Waals surface area (Å²) >= 11 is 0. The monoisotopic (exact) mass is 289 g/mol. The van der Waals surface area contributed by atoms with Crippen LogP contribution < -0.4 is 10.1 Å². The van der Waals surface area contributed by atoms with E-state index in [0.29, 0.717) is 13.2 Å². The van der Waals surface area contributed by atoms with E-state index in [1.165, 1.54) is 0 Å². The van der Waals surface area contributed by atoms with Gasteiger partial charge in [-0.1, -0.05) is 19.1 Å². The van der Waals surface area contributed by atoms with Crippen molar-refractivity contribution in [2.45, 2.75) is 33.1 Å². The van der Waals surface area contributed by atoms with Gasteiger partial charge in [0.1, 0.15) is 23.9 Å². The fourth-order valence-corrected chi connectivity index (χ4v) is 2.01. The topological polar surface area (TPSA) is 43.6 Å². The molecule has 114 valence electrons. The molecule has 2 rings (SSSR count). The molecule has 2 aromatic rings. The van der Waals surface area contributed by atoms with Gasteiger partial charge in [0.15, 0.2) is 0 Å². The zero-order valence-electron chi connectivity index (χ0n) is 12.7. The Morgan fingerprint density at radius 1 is 1.10 bits per heavy atom. The van der Waals surface area contributed by atoms with Crippen molar-refractivity contribution in [2.24, 2.45) is 0 Å². The largest absolute Gasteiger partial charge is 0.497 e. The fourth-order valence-electron chi connectivity index (χ4n) is 2.01. The summed E-state index contributed by atoms with van der Waals surface area (Å²) in [5.41, 5.74) is 1.09. The Labute approximate surface area is 126 Å². The third-order valence-electron chi connectivity index (χ3n) is 3.09. The summed E-state index contributed by atoms with van der Waals surface area (Å²) in [5.74, 6) is 2.65. The van der Waals surface area contributed by atoms with Gasteiger partial charge < -0.3 is 19.2 Å². The average molecular weight is 289 g/mol. The predicted octanol–water partition coefficient (Wildman–Crippen LogP) is 3.50. The maximum absolute atomic E-state index is 5.70. The van der Waals surface area contributed by atoms with Crippen LogP contribution in [-0.4, -0.2) is 13.7 Å². The van der Waals surface area contributed by atoms with Crippen LogP contribution in [0.25, 0.3) is 0 Å². The molecule has 0 aliphatic rings. The third kappa shape index (κ3) is 5.25. The van der Waals surface area contributed by atoms with Crippen LogP contribution in [0.5, 0.6) is 5.75 Å². The van der Waals surface area contributed by atoms with Crippen LogP contribution in [0.2, 0.25) is 0 Å². The molecule has 21 heavy (non-hydrogen) atoms. The van der Waals surface area contributed by atoms with Gasteiger partial charge in [0, 0.05) is 0 Å². The smallest absolute Gasteiger partial charge is 0.129 e. The second-order valence-corrected chi connectivity index (χ2v) is 4.89. The van der Waals surface area contributed by atoms with Crippen LogP contribution in [0.1, 0.15) is 30.4 Å². The molecule has 1 aromatic carbocycles. The van der Waals surface area contributed by atoms with Crippen molar-refractivity contribution in [2.75, 3.05) is 13.7 Å². The van der Waals surface area contributed by atoms with Gasteiger partial charge in [-0.15, -0.1) is 0 Å². The number of methoxy groups -OCH3 is 1. The maximum atomic E-state index is 5.70. The lowest BCUT2D eigenvalue weighted by molar-refractivity contribution is 0.0918. The number of hydrogen-bond acceptors (Lipinski definition) is 4. The summed E-state index contributed by atoms with van der Waals surface area (Å²) in [6.07, 6.45) is 1.12. The van der Waals surface area contributed by atoms with Crippen LogP contribution in [0, 0.1) is 0 Å². The highest BCUT2D eigenvalue weighted by Crippen LogP contribution is 2.15. The minimum absolute atomic E-state index is 0.477. The first-order valence-corrected chi connectivity index (χ1v) is 7.30. The zero-order valence-corrected chi connectivity index (χ0v) is 12.7. The lowest BCUT2D eigenvalue weighted by atomic mass is 10.2. The Hall–Kier alpha value is -1.78. The van der Waals surface area contributed by atoms with Gasteiger partial charge in [-0.2, -0.15) is 0 Å². The van der Waals surface area contributed by atoms with Gasteiger partial charge in [0.25, 0.3) is 0 Å². The van der Waals surface area contributed by atoms with Crippen LogP contribution in [0.4, 0.5) is 0 Å². The van der Waals surface area contributed by atoms with E-state index in [9.17, 15) is 0 Å². The summed E-state index contributed by atoms with van der Waals surface area (Å²) < 4.78 is 16.6. The standard InChI is InChI=1S/C17H23NO3/c1-3-9-18-11-16-7-8-17(21-16)13-20-12-14-5-4-6-15(10-14)19-2/h4-8,10,18H,3,9,11-13H2,1-2H3. The minimum atomic E-state index is 0.477. The Balaban J connectivity index is 1.75. The Kier molecular flexibility index (Phi) is 6.31. The molecule has 0 atom stereocenters. The number of rotatable bonds is 9. The normalized spacial score (nSPS) is 10.8. The summed E-state index contributed by atoms with van der Waals surface area (Å²) in [4.78, 5) is 0. The van der Waals surface area contributed by atoms with Gasteiger partial charge in [0.2, 0.25) is 0 Å². The molecule has 0 amide bonds. The third-order valence-corrected chi connectivity index (χ3v) is 3.09. The van der Waals surface area contributed by atoms with E-state index in [1.54, 1.807) is 7.11 Å². The van der Waals surface area contributed by atoms with Crippen molar-refractivity contribution in [3.63, 3.8) is 0 Å². The van der Waals surface area contributed by atoms with E-state index in [1.807, 2.05) is 36.4 Å². The van der Waals surface area contributed by atoms with Gasteiger partial charge in [0.05, 0.1) is 20.3 Å². The fraction of sp³-hybridized carbons (Fsp3) is 0.412. The highest BCUT2D eigenvalue weighted by Gasteiger charge is 2.03. The second kappa shape index (κ2) is 8.49. The molecule has 0 radical (unpaired) electrons. The summed E-state index contributed by atoms with van der Waals surface area (Å²) in [6, 6.07) is 11.8. The first-order chi connectivity index (χ1) is 10.3. The van der Waals surface area contributed by atoms with Crippen molar-refractivity contribution < 1.29 is 13.9 Å². The molecule has 0 fully saturated rings. The summed E-state index contributed by atoms with van der Waals surface area (Å²) in [7, 11) is 1.66. The molecular formula is C17H23NO3. The van der Waals surface area contributed by atoms with Gasteiger partial charge >= 0.3 is 0 Å². The van der Waals surface area contributed by atoms with E-state index < -0.39 is 0 Å². The molecule has 4 heteroatoms. The van der Waals surface area contributed by atoms with Crippen LogP contribution in [-0.2, 0) is 24.5 Å². The molecule has 1 heterocycles. The number of nitrogens with one attached hydrogen (secondary N) is 1. The van der Waals surface area contributed by atoms with Crippen LogP contribution >= 0.6 is 0 Å². The van der Waals surface area contributed by atoms with Crippen LogP contribution in [0.3, 0.4) is 0 Å². The first kappa shape index (κ1) is 15.6. The number of benzene rings is 1. The molecule has 0 saturated heterocycles. The molecule has 0 aliphatic heterocycles. The average Bonchev–Trinajstić information content (AvgIpc) is 2.96. The Morgan fingerprint density at radius 3 is 2.76 bits per heavy atom. The molecule has 4 nitrogen and oxygen atoms in total. The van der Waals surface area contributed by atoms with Crippen molar-refractivity contribution >= 4 is 0 Å². The van der Waals surface area contributed by atoms with Crippen molar-refractivity contribution in [1.82, 2.24) is 5.32 Å². The van der Waals surface area contributed by atoms with E-state index >= 15 is 0 Å². The van der Waals surface area contributed by atoms with Crippen molar-refractivity contribution in [3.8, 4) is 5.75 Å². The highest BCUT2D eigenvalue weighted by atomic mass is 16.5. The van der Waals surface area contributed by atoms with Gasteiger partial charge in [-0.25, -0.2) is 0 Å². The maximum Gasteiger partial charge on any atom is 0.129 e. The van der Waals surface area contributed by atoms with Gasteiger partial charge in [-0.05, 0) is 42.8 Å². The molecule has 0 aliphatic carbocycles. The molecule has 0 saturated carbocycles. The lowest BCUT2D eigenvalue weighted by Crippen LogP contribution is -2.13. The minimum Gasteiger partial charge on any atom is -0.497 e. The predicted molar refractivity (Wildman–Crippen MR) is 82.2 cm³/mol. The zero-order chi connectivity index (χ0) is 14.9. The quantitative estimate of drug-likeness (QED) is 0.717. The molecule has 0 spiro atoms. The van der Waals surface area contributed by atoms with Crippen LogP contribution in [0.15, 0.2) is 40.8 Å². The number of ether oxygens (including phenoxy) is 2. The summed E-state index contributed by atoms with van der Waals surface area (Å²) in [6.45, 7) is 4.94. The molecule has 0 unspecified atom stereocenters.